The first-order valence-corrected chi connectivity index (χ1v) is 7.84. The van der Waals surface area contributed by atoms with Crippen LogP contribution in [0.25, 0.3) is 0 Å². The quantitative estimate of drug-likeness (QED) is 0.792. The monoisotopic (exact) mass is 314 g/mol. The van der Waals surface area contributed by atoms with Crippen LogP contribution in [0.2, 0.25) is 0 Å². The molecule has 0 aliphatic carbocycles. The minimum Gasteiger partial charge on any atom is -0.383 e. The third kappa shape index (κ3) is 5.21. The zero-order valence-electron chi connectivity index (χ0n) is 14.6. The molecule has 2 aromatic rings. The van der Waals surface area contributed by atoms with Gasteiger partial charge in [0.25, 0.3) is 0 Å². The average Bonchev–Trinajstić information content (AvgIpc) is 2.46. The average molecular weight is 314 g/mol. The lowest BCUT2D eigenvalue weighted by Gasteiger charge is -2.19. The number of aryl methyl sites for hydroxylation is 1. The van der Waals surface area contributed by atoms with Crippen LogP contribution in [0.1, 0.15) is 32.2 Å². The molecule has 5 heteroatoms. The topological polar surface area (TPSA) is 59.1 Å². The molecule has 5 nitrogen and oxygen atoms in total. The van der Waals surface area contributed by atoms with Gasteiger partial charge in [0.05, 0.1) is 6.61 Å². The van der Waals surface area contributed by atoms with E-state index in [-0.39, 0.29) is 5.41 Å². The van der Waals surface area contributed by atoms with E-state index in [0.29, 0.717) is 13.2 Å². The molecule has 1 aromatic carbocycles. The number of aromatic nitrogens is 2. The van der Waals surface area contributed by atoms with Gasteiger partial charge < -0.3 is 15.4 Å². The second-order valence-corrected chi connectivity index (χ2v) is 6.56. The van der Waals surface area contributed by atoms with Crippen molar-refractivity contribution >= 4 is 17.3 Å². The van der Waals surface area contributed by atoms with Gasteiger partial charge in [-0.25, -0.2) is 9.97 Å². The van der Waals surface area contributed by atoms with Crippen molar-refractivity contribution in [1.82, 2.24) is 9.97 Å². The Hall–Kier alpha value is -2.14. The van der Waals surface area contributed by atoms with E-state index in [1.54, 1.807) is 7.11 Å². The minimum absolute atomic E-state index is 0.155. The number of benzene rings is 1. The summed E-state index contributed by atoms with van der Waals surface area (Å²) < 4.78 is 5.04. The van der Waals surface area contributed by atoms with E-state index in [1.165, 1.54) is 5.56 Å². The maximum absolute atomic E-state index is 5.04. The summed E-state index contributed by atoms with van der Waals surface area (Å²) in [7, 11) is 1.68. The third-order valence-electron chi connectivity index (χ3n) is 3.47. The Morgan fingerprint density at radius 3 is 2.30 bits per heavy atom. The van der Waals surface area contributed by atoms with Gasteiger partial charge in [0, 0.05) is 25.4 Å². The van der Waals surface area contributed by atoms with Crippen LogP contribution in [0, 0.1) is 6.92 Å². The molecule has 2 rings (SSSR count). The Morgan fingerprint density at radius 2 is 1.70 bits per heavy atom. The van der Waals surface area contributed by atoms with Crippen molar-refractivity contribution in [2.24, 2.45) is 0 Å². The first-order chi connectivity index (χ1) is 10.9. The van der Waals surface area contributed by atoms with Gasteiger partial charge >= 0.3 is 0 Å². The standard InChI is InChI=1S/C18H26N4O/c1-13-20-16(19-10-11-23-5)12-17(21-13)22-15-8-6-14(7-9-15)18(2,3)4/h6-9,12H,10-11H2,1-5H3,(H2,19,20,21,22). The highest BCUT2D eigenvalue weighted by Crippen LogP contribution is 2.25. The van der Waals surface area contributed by atoms with Gasteiger partial charge in [-0.2, -0.15) is 0 Å². The normalized spacial score (nSPS) is 11.3. The van der Waals surface area contributed by atoms with Crippen LogP contribution in [-0.4, -0.2) is 30.2 Å². The van der Waals surface area contributed by atoms with Crippen molar-refractivity contribution in [3.8, 4) is 0 Å². The van der Waals surface area contributed by atoms with E-state index in [9.17, 15) is 0 Å². The largest absolute Gasteiger partial charge is 0.383 e. The highest BCUT2D eigenvalue weighted by Gasteiger charge is 2.12. The van der Waals surface area contributed by atoms with Crippen LogP contribution in [-0.2, 0) is 10.2 Å². The number of methoxy groups -OCH3 is 1. The fraction of sp³-hybridized carbons (Fsp3) is 0.444. The van der Waals surface area contributed by atoms with Crippen molar-refractivity contribution in [2.45, 2.75) is 33.1 Å². The molecule has 0 radical (unpaired) electrons. The van der Waals surface area contributed by atoms with E-state index in [0.717, 1.165) is 23.1 Å². The van der Waals surface area contributed by atoms with Gasteiger partial charge in [-0.1, -0.05) is 32.9 Å². The SMILES string of the molecule is COCCNc1cc(Nc2ccc(C(C)(C)C)cc2)nc(C)n1. The Morgan fingerprint density at radius 1 is 1.04 bits per heavy atom. The van der Waals surface area contributed by atoms with E-state index in [1.807, 2.05) is 13.0 Å². The maximum Gasteiger partial charge on any atom is 0.136 e. The van der Waals surface area contributed by atoms with Crippen LogP contribution >= 0.6 is 0 Å². The molecule has 0 atom stereocenters. The van der Waals surface area contributed by atoms with Crippen LogP contribution < -0.4 is 10.6 Å². The minimum atomic E-state index is 0.155. The summed E-state index contributed by atoms with van der Waals surface area (Å²) in [5, 5.41) is 6.56. The van der Waals surface area contributed by atoms with Gasteiger partial charge in [0.15, 0.2) is 0 Å². The molecule has 0 saturated heterocycles. The van der Waals surface area contributed by atoms with Crippen LogP contribution in [0.15, 0.2) is 30.3 Å². The summed E-state index contributed by atoms with van der Waals surface area (Å²) in [6.45, 7) is 9.87. The fourth-order valence-electron chi connectivity index (χ4n) is 2.20. The van der Waals surface area contributed by atoms with Crippen molar-refractivity contribution < 1.29 is 4.74 Å². The molecule has 0 aliphatic rings. The molecule has 0 amide bonds. The van der Waals surface area contributed by atoms with Crippen molar-refractivity contribution in [3.63, 3.8) is 0 Å². The number of rotatable bonds is 6. The molecule has 0 aliphatic heterocycles. The molecule has 2 N–H and O–H groups in total. The summed E-state index contributed by atoms with van der Waals surface area (Å²) in [6, 6.07) is 10.4. The number of nitrogens with one attached hydrogen (secondary N) is 2. The van der Waals surface area contributed by atoms with E-state index >= 15 is 0 Å². The third-order valence-corrected chi connectivity index (χ3v) is 3.47. The van der Waals surface area contributed by atoms with Crippen molar-refractivity contribution in [3.05, 3.63) is 41.7 Å². The maximum atomic E-state index is 5.04. The molecule has 0 unspecified atom stereocenters. The van der Waals surface area contributed by atoms with Crippen molar-refractivity contribution in [2.75, 3.05) is 30.9 Å². The van der Waals surface area contributed by atoms with Gasteiger partial charge in [0.2, 0.25) is 0 Å². The Labute approximate surface area is 138 Å². The molecule has 0 spiro atoms. The van der Waals surface area contributed by atoms with E-state index < -0.39 is 0 Å². The zero-order chi connectivity index (χ0) is 16.9. The molecule has 0 saturated carbocycles. The number of hydrogen-bond donors (Lipinski definition) is 2. The number of hydrogen-bond acceptors (Lipinski definition) is 5. The smallest absolute Gasteiger partial charge is 0.136 e. The first kappa shape index (κ1) is 17.2. The molecule has 1 aromatic heterocycles. The Bertz CT molecular complexity index is 632. The summed E-state index contributed by atoms with van der Waals surface area (Å²) in [6.07, 6.45) is 0. The second kappa shape index (κ2) is 7.42. The summed E-state index contributed by atoms with van der Waals surface area (Å²) in [5.41, 5.74) is 2.48. The summed E-state index contributed by atoms with van der Waals surface area (Å²) in [4.78, 5) is 8.81. The van der Waals surface area contributed by atoms with E-state index in [2.05, 4.69) is 65.6 Å². The lowest BCUT2D eigenvalue weighted by Crippen LogP contribution is -2.11. The predicted molar refractivity (Wildman–Crippen MR) is 95.6 cm³/mol. The molecular formula is C18H26N4O. The fourth-order valence-corrected chi connectivity index (χ4v) is 2.20. The molecule has 124 valence electrons. The lowest BCUT2D eigenvalue weighted by molar-refractivity contribution is 0.210. The highest BCUT2D eigenvalue weighted by molar-refractivity contribution is 5.59. The van der Waals surface area contributed by atoms with Gasteiger partial charge in [-0.05, 0) is 30.0 Å². The Kier molecular flexibility index (Phi) is 5.55. The molecule has 1 heterocycles. The molecule has 0 bridgehead atoms. The van der Waals surface area contributed by atoms with Gasteiger partial charge in [0.1, 0.15) is 17.5 Å². The zero-order valence-corrected chi connectivity index (χ0v) is 14.6. The first-order valence-electron chi connectivity index (χ1n) is 7.84. The van der Waals surface area contributed by atoms with Crippen molar-refractivity contribution in [1.29, 1.82) is 0 Å². The van der Waals surface area contributed by atoms with Gasteiger partial charge in [-0.3, -0.25) is 0 Å². The van der Waals surface area contributed by atoms with E-state index in [4.69, 9.17) is 4.74 Å². The predicted octanol–water partition coefficient (Wildman–Crippen LogP) is 3.88. The molecule has 0 fully saturated rings. The number of ether oxygens (including phenoxy) is 1. The van der Waals surface area contributed by atoms with Crippen LogP contribution in [0.3, 0.4) is 0 Å². The van der Waals surface area contributed by atoms with Gasteiger partial charge in [-0.15, -0.1) is 0 Å². The summed E-state index contributed by atoms with van der Waals surface area (Å²) >= 11 is 0. The van der Waals surface area contributed by atoms with Crippen LogP contribution in [0.4, 0.5) is 17.3 Å². The molecular weight excluding hydrogens is 288 g/mol. The summed E-state index contributed by atoms with van der Waals surface area (Å²) in [5.74, 6) is 2.30. The Balaban J connectivity index is 2.10. The van der Waals surface area contributed by atoms with Crippen LogP contribution in [0.5, 0.6) is 0 Å². The number of nitrogens with zero attached hydrogens (tertiary/aromatic N) is 2. The molecule has 23 heavy (non-hydrogen) atoms. The number of anilines is 3. The lowest BCUT2D eigenvalue weighted by atomic mass is 9.87. The highest BCUT2D eigenvalue weighted by atomic mass is 16.5. The second-order valence-electron chi connectivity index (χ2n) is 6.56.